The van der Waals surface area contributed by atoms with Crippen LogP contribution in [0.15, 0.2) is 48.5 Å². The van der Waals surface area contributed by atoms with Gasteiger partial charge in [0.25, 0.3) is 0 Å². The van der Waals surface area contributed by atoms with Crippen molar-refractivity contribution >= 4 is 17.6 Å². The first kappa shape index (κ1) is 17.7. The summed E-state index contributed by atoms with van der Waals surface area (Å²) in [5.74, 6) is -1.03. The van der Waals surface area contributed by atoms with Crippen LogP contribution in [0.4, 0.5) is 10.1 Å². The van der Waals surface area contributed by atoms with Crippen molar-refractivity contribution in [1.29, 1.82) is 0 Å². The molecule has 0 aliphatic heterocycles. The van der Waals surface area contributed by atoms with Crippen LogP contribution in [0, 0.1) is 5.82 Å². The number of hydrogen-bond donors (Lipinski definition) is 1. The Bertz CT molecular complexity index is 713. The molecule has 4 nitrogen and oxygen atoms in total. The first-order valence-corrected chi connectivity index (χ1v) is 7.77. The van der Waals surface area contributed by atoms with Gasteiger partial charge in [-0.15, -0.1) is 0 Å². The van der Waals surface area contributed by atoms with Gasteiger partial charge in [-0.3, -0.25) is 4.79 Å². The molecule has 0 radical (unpaired) electrons. The molecule has 126 valence electrons. The highest BCUT2D eigenvalue weighted by atomic mass is 19.1. The van der Waals surface area contributed by atoms with Crippen LogP contribution in [0.3, 0.4) is 0 Å². The van der Waals surface area contributed by atoms with E-state index in [0.29, 0.717) is 11.3 Å². The molecular weight excluding hydrogens is 309 g/mol. The Morgan fingerprint density at radius 1 is 1.12 bits per heavy atom. The summed E-state index contributed by atoms with van der Waals surface area (Å²) in [5, 5.41) is 2.76. The molecule has 1 atom stereocenters. The Balaban J connectivity index is 2.10. The Labute approximate surface area is 140 Å². The summed E-state index contributed by atoms with van der Waals surface area (Å²) < 4.78 is 17.8. The zero-order chi connectivity index (χ0) is 17.5. The lowest BCUT2D eigenvalue weighted by Crippen LogP contribution is -2.17. The summed E-state index contributed by atoms with van der Waals surface area (Å²) in [5.41, 5.74) is 1.64. The molecule has 0 spiro atoms. The highest BCUT2D eigenvalue weighted by Gasteiger charge is 2.17. The van der Waals surface area contributed by atoms with Crippen LogP contribution in [0.25, 0.3) is 0 Å². The lowest BCUT2D eigenvalue weighted by atomic mass is 9.93. The Morgan fingerprint density at radius 3 is 2.42 bits per heavy atom. The molecule has 2 rings (SSSR count). The number of carbonyl (C=O) groups excluding carboxylic acids is 2. The van der Waals surface area contributed by atoms with Gasteiger partial charge in [0.05, 0.1) is 18.4 Å². The van der Waals surface area contributed by atoms with Gasteiger partial charge in [-0.05, 0) is 42.2 Å². The van der Waals surface area contributed by atoms with E-state index >= 15 is 0 Å². The van der Waals surface area contributed by atoms with Gasteiger partial charge >= 0.3 is 5.97 Å². The zero-order valence-electron chi connectivity index (χ0n) is 13.7. The average molecular weight is 329 g/mol. The Kier molecular flexibility index (Phi) is 6.07. The van der Waals surface area contributed by atoms with E-state index in [2.05, 4.69) is 5.32 Å². The van der Waals surface area contributed by atoms with Crippen LogP contribution in [-0.2, 0) is 9.53 Å². The second-order valence-electron chi connectivity index (χ2n) is 5.45. The number of benzene rings is 2. The van der Waals surface area contributed by atoms with E-state index in [9.17, 15) is 14.0 Å². The molecule has 0 saturated carbocycles. The third-order valence-corrected chi connectivity index (χ3v) is 3.87. The van der Waals surface area contributed by atoms with E-state index in [0.717, 1.165) is 12.0 Å². The third-order valence-electron chi connectivity index (χ3n) is 3.87. The van der Waals surface area contributed by atoms with Crippen molar-refractivity contribution in [1.82, 2.24) is 0 Å². The number of carbonyl (C=O) groups is 2. The van der Waals surface area contributed by atoms with E-state index in [1.807, 2.05) is 6.92 Å². The minimum atomic E-state index is -0.503. The minimum Gasteiger partial charge on any atom is -0.465 e. The summed E-state index contributed by atoms with van der Waals surface area (Å²) in [7, 11) is 1.29. The molecular formula is C19H20FNO3. The number of rotatable bonds is 6. The molecule has 1 amide bonds. The fourth-order valence-electron chi connectivity index (χ4n) is 2.54. The summed E-state index contributed by atoms with van der Waals surface area (Å²) in [6.07, 6.45) is 0.995. The minimum absolute atomic E-state index is 0.0177. The molecule has 2 aromatic carbocycles. The fourth-order valence-corrected chi connectivity index (χ4v) is 2.54. The highest BCUT2D eigenvalue weighted by Crippen LogP contribution is 2.25. The number of anilines is 1. The van der Waals surface area contributed by atoms with Crippen molar-refractivity contribution in [2.75, 3.05) is 12.4 Å². The van der Waals surface area contributed by atoms with Crippen LogP contribution in [-0.4, -0.2) is 19.0 Å². The third kappa shape index (κ3) is 4.41. The molecule has 1 N–H and O–H groups in total. The lowest BCUT2D eigenvalue weighted by Gasteiger charge is -2.16. The van der Waals surface area contributed by atoms with Crippen LogP contribution < -0.4 is 5.32 Å². The van der Waals surface area contributed by atoms with Crippen molar-refractivity contribution in [2.24, 2.45) is 0 Å². The zero-order valence-corrected chi connectivity index (χ0v) is 13.7. The first-order valence-electron chi connectivity index (χ1n) is 7.77. The predicted octanol–water partition coefficient (Wildman–Crippen LogP) is 4.13. The molecule has 0 aliphatic rings. The van der Waals surface area contributed by atoms with Crippen molar-refractivity contribution in [3.05, 3.63) is 65.5 Å². The first-order chi connectivity index (χ1) is 11.5. The second-order valence-corrected chi connectivity index (χ2v) is 5.45. The summed E-state index contributed by atoms with van der Waals surface area (Å²) in [6, 6.07) is 12.9. The normalized spacial score (nSPS) is 11.6. The standard InChI is InChI=1S/C19H20FNO3/c1-3-13(14-8-10-15(20)11-9-14)12-18(22)21-17-7-5-4-6-16(17)19(23)24-2/h4-11,13H,3,12H2,1-2H3,(H,21,22). The topological polar surface area (TPSA) is 55.4 Å². The van der Waals surface area contributed by atoms with Crippen molar-refractivity contribution in [3.63, 3.8) is 0 Å². The molecule has 0 fully saturated rings. The number of halogens is 1. The average Bonchev–Trinajstić information content (AvgIpc) is 2.60. The summed E-state index contributed by atoms with van der Waals surface area (Å²) >= 11 is 0. The van der Waals surface area contributed by atoms with Crippen LogP contribution in [0.5, 0.6) is 0 Å². The summed E-state index contributed by atoms with van der Waals surface area (Å²) in [4.78, 5) is 24.1. The molecule has 0 aliphatic carbocycles. The van der Waals surface area contributed by atoms with Crippen LogP contribution in [0.2, 0.25) is 0 Å². The maximum absolute atomic E-state index is 13.0. The number of esters is 1. The molecule has 0 aromatic heterocycles. The van der Waals surface area contributed by atoms with E-state index in [1.54, 1.807) is 36.4 Å². The predicted molar refractivity (Wildman–Crippen MR) is 90.5 cm³/mol. The number of methoxy groups -OCH3 is 1. The van der Waals surface area contributed by atoms with Crippen molar-refractivity contribution < 1.29 is 18.7 Å². The van der Waals surface area contributed by atoms with Gasteiger partial charge in [-0.1, -0.05) is 31.2 Å². The Morgan fingerprint density at radius 2 is 1.79 bits per heavy atom. The molecule has 0 heterocycles. The van der Waals surface area contributed by atoms with E-state index < -0.39 is 5.97 Å². The SMILES string of the molecule is CCC(CC(=O)Nc1ccccc1C(=O)OC)c1ccc(F)cc1. The van der Waals surface area contributed by atoms with Crippen molar-refractivity contribution in [3.8, 4) is 0 Å². The molecule has 5 heteroatoms. The largest absolute Gasteiger partial charge is 0.465 e. The van der Waals surface area contributed by atoms with Crippen LogP contribution in [0.1, 0.15) is 41.6 Å². The highest BCUT2D eigenvalue weighted by molar-refractivity contribution is 6.01. The molecule has 0 bridgehead atoms. The van der Waals surface area contributed by atoms with Gasteiger partial charge in [-0.25, -0.2) is 9.18 Å². The number of amides is 1. The number of hydrogen-bond acceptors (Lipinski definition) is 3. The molecule has 2 aromatic rings. The van der Waals surface area contributed by atoms with Gasteiger partial charge in [0, 0.05) is 6.42 Å². The monoisotopic (exact) mass is 329 g/mol. The Hall–Kier alpha value is -2.69. The lowest BCUT2D eigenvalue weighted by molar-refractivity contribution is -0.116. The maximum atomic E-state index is 13.0. The van der Waals surface area contributed by atoms with Crippen LogP contribution >= 0.6 is 0 Å². The van der Waals surface area contributed by atoms with Gasteiger partial charge in [0.2, 0.25) is 5.91 Å². The molecule has 1 unspecified atom stereocenters. The van der Waals surface area contributed by atoms with E-state index in [4.69, 9.17) is 4.74 Å². The number of nitrogens with one attached hydrogen (secondary N) is 1. The molecule has 0 saturated heterocycles. The summed E-state index contributed by atoms with van der Waals surface area (Å²) in [6.45, 7) is 1.98. The second kappa shape index (κ2) is 8.24. The van der Waals surface area contributed by atoms with Gasteiger partial charge in [0.15, 0.2) is 0 Å². The number of ether oxygens (including phenoxy) is 1. The van der Waals surface area contributed by atoms with E-state index in [1.165, 1.54) is 19.2 Å². The fraction of sp³-hybridized carbons (Fsp3) is 0.263. The van der Waals surface area contributed by atoms with Crippen molar-refractivity contribution in [2.45, 2.75) is 25.7 Å². The number of para-hydroxylation sites is 1. The van der Waals surface area contributed by atoms with Gasteiger partial charge < -0.3 is 10.1 Å². The maximum Gasteiger partial charge on any atom is 0.339 e. The van der Waals surface area contributed by atoms with Gasteiger partial charge in [0.1, 0.15) is 5.82 Å². The smallest absolute Gasteiger partial charge is 0.339 e. The van der Waals surface area contributed by atoms with Gasteiger partial charge in [-0.2, -0.15) is 0 Å². The molecule has 24 heavy (non-hydrogen) atoms. The van der Waals surface area contributed by atoms with E-state index in [-0.39, 0.29) is 24.1 Å². The quantitative estimate of drug-likeness (QED) is 0.811.